The number of carbonyl (C=O) groups excluding carboxylic acids is 1. The molecule has 0 saturated carbocycles. The van der Waals surface area contributed by atoms with E-state index >= 15 is 0 Å². The van der Waals surface area contributed by atoms with Crippen LogP contribution in [0.4, 0.5) is 0 Å². The van der Waals surface area contributed by atoms with Gasteiger partial charge in [0.15, 0.2) is 6.61 Å². The average molecular weight is 376 g/mol. The molecular weight excluding hydrogens is 356 g/mol. The van der Waals surface area contributed by atoms with Crippen LogP contribution in [0, 0.1) is 5.92 Å². The molecule has 1 saturated heterocycles. The first kappa shape index (κ1) is 16.6. The smallest absolute Gasteiger partial charge is 0.260 e. The van der Waals surface area contributed by atoms with Crippen LogP contribution in [0.5, 0.6) is 5.75 Å². The maximum Gasteiger partial charge on any atom is 0.260 e. The summed E-state index contributed by atoms with van der Waals surface area (Å²) in [6.45, 7) is 3.50. The quantitative estimate of drug-likeness (QED) is 0.880. The molecule has 0 spiro atoms. The number of benzene rings is 1. The molecule has 1 heterocycles. The number of carbonyl (C=O) groups is 1. The predicted octanol–water partition coefficient (Wildman–Crippen LogP) is 3.07. The summed E-state index contributed by atoms with van der Waals surface area (Å²) in [6.07, 6.45) is 2.08. The van der Waals surface area contributed by atoms with Crippen LogP contribution in [0.25, 0.3) is 0 Å². The van der Waals surface area contributed by atoms with Gasteiger partial charge in [0, 0.05) is 23.6 Å². The van der Waals surface area contributed by atoms with Crippen molar-refractivity contribution < 1.29 is 9.53 Å². The van der Waals surface area contributed by atoms with Crippen molar-refractivity contribution in [3.05, 3.63) is 27.7 Å². The van der Waals surface area contributed by atoms with Crippen LogP contribution in [-0.2, 0) is 4.79 Å². The molecule has 0 bridgehead atoms. The SMILES string of the molecule is C[C@@H](N)[C@@H]1CCCN(C(=O)COc2ccc(Br)cc2Cl)C1. The van der Waals surface area contributed by atoms with E-state index in [9.17, 15) is 4.79 Å². The molecule has 1 aromatic carbocycles. The number of ether oxygens (including phenoxy) is 1. The number of halogens is 2. The fourth-order valence-corrected chi connectivity index (χ4v) is 3.22. The third kappa shape index (κ3) is 4.59. The lowest BCUT2D eigenvalue weighted by atomic mass is 9.92. The van der Waals surface area contributed by atoms with E-state index in [1.165, 1.54) is 0 Å². The number of rotatable bonds is 4. The summed E-state index contributed by atoms with van der Waals surface area (Å²) in [5.74, 6) is 0.882. The van der Waals surface area contributed by atoms with Crippen LogP contribution >= 0.6 is 27.5 Å². The molecule has 21 heavy (non-hydrogen) atoms. The molecule has 0 unspecified atom stereocenters. The first-order valence-corrected chi connectivity index (χ1v) is 8.25. The van der Waals surface area contributed by atoms with E-state index in [4.69, 9.17) is 22.1 Å². The summed E-state index contributed by atoms with van der Waals surface area (Å²) in [4.78, 5) is 14.1. The summed E-state index contributed by atoms with van der Waals surface area (Å²) in [6, 6.07) is 5.44. The average Bonchev–Trinajstić information content (AvgIpc) is 2.46. The number of piperidine rings is 1. The summed E-state index contributed by atoms with van der Waals surface area (Å²) >= 11 is 9.40. The van der Waals surface area contributed by atoms with Crippen LogP contribution in [-0.4, -0.2) is 36.5 Å². The van der Waals surface area contributed by atoms with Gasteiger partial charge in [-0.05, 0) is 43.9 Å². The van der Waals surface area contributed by atoms with Crippen molar-refractivity contribution in [2.24, 2.45) is 11.7 Å². The molecule has 1 fully saturated rings. The molecular formula is C15H20BrClN2O2. The zero-order chi connectivity index (χ0) is 15.4. The Morgan fingerprint density at radius 3 is 3.05 bits per heavy atom. The zero-order valence-corrected chi connectivity index (χ0v) is 14.4. The molecule has 1 aliphatic rings. The van der Waals surface area contributed by atoms with Gasteiger partial charge >= 0.3 is 0 Å². The Labute approximate surface area is 138 Å². The van der Waals surface area contributed by atoms with Crippen molar-refractivity contribution in [1.29, 1.82) is 0 Å². The van der Waals surface area contributed by atoms with E-state index in [0.717, 1.165) is 23.9 Å². The van der Waals surface area contributed by atoms with Crippen molar-refractivity contribution in [3.63, 3.8) is 0 Å². The van der Waals surface area contributed by atoms with Crippen LogP contribution in [0.15, 0.2) is 22.7 Å². The Bertz CT molecular complexity index is 510. The van der Waals surface area contributed by atoms with Gasteiger partial charge in [0.05, 0.1) is 5.02 Å². The van der Waals surface area contributed by atoms with Crippen LogP contribution in [0.1, 0.15) is 19.8 Å². The van der Waals surface area contributed by atoms with E-state index < -0.39 is 0 Å². The molecule has 1 aliphatic heterocycles. The third-order valence-electron chi connectivity index (χ3n) is 3.80. The van der Waals surface area contributed by atoms with Crippen LogP contribution < -0.4 is 10.5 Å². The van der Waals surface area contributed by atoms with Crippen molar-refractivity contribution in [3.8, 4) is 5.75 Å². The molecule has 6 heteroatoms. The minimum atomic E-state index is -0.0145. The molecule has 1 amide bonds. The second-order valence-electron chi connectivity index (χ2n) is 5.46. The summed E-state index contributed by atoms with van der Waals surface area (Å²) < 4.78 is 6.40. The summed E-state index contributed by atoms with van der Waals surface area (Å²) in [7, 11) is 0. The lowest BCUT2D eigenvalue weighted by Gasteiger charge is -2.34. The summed E-state index contributed by atoms with van der Waals surface area (Å²) in [5, 5.41) is 0.490. The second kappa shape index (κ2) is 7.47. The molecule has 2 atom stereocenters. The number of likely N-dealkylation sites (tertiary alicyclic amines) is 1. The predicted molar refractivity (Wildman–Crippen MR) is 87.6 cm³/mol. The van der Waals surface area contributed by atoms with Gasteiger partial charge in [-0.15, -0.1) is 0 Å². The Balaban J connectivity index is 1.89. The van der Waals surface area contributed by atoms with Gasteiger partial charge in [-0.2, -0.15) is 0 Å². The number of nitrogens with two attached hydrogens (primary N) is 1. The minimum absolute atomic E-state index is 0.00697. The standard InChI is InChI=1S/C15H20BrClN2O2/c1-10(18)11-3-2-6-19(8-11)15(20)9-21-14-5-4-12(16)7-13(14)17/h4-5,7,10-11H,2-3,6,8-9,18H2,1H3/t10-,11-/m1/s1. The second-order valence-corrected chi connectivity index (χ2v) is 6.79. The fourth-order valence-electron chi connectivity index (χ4n) is 2.49. The fraction of sp³-hybridized carbons (Fsp3) is 0.533. The Morgan fingerprint density at radius 2 is 2.38 bits per heavy atom. The van der Waals surface area contributed by atoms with Gasteiger partial charge in [0.1, 0.15) is 5.75 Å². The lowest BCUT2D eigenvalue weighted by Crippen LogP contribution is -2.46. The first-order valence-electron chi connectivity index (χ1n) is 7.08. The Hall–Kier alpha value is -0.780. The van der Waals surface area contributed by atoms with Gasteiger partial charge in [-0.1, -0.05) is 27.5 Å². The van der Waals surface area contributed by atoms with Gasteiger partial charge in [-0.25, -0.2) is 0 Å². The largest absolute Gasteiger partial charge is 0.482 e. The van der Waals surface area contributed by atoms with Crippen LogP contribution in [0.2, 0.25) is 5.02 Å². The molecule has 2 N–H and O–H groups in total. The van der Waals surface area contributed by atoms with Gasteiger partial charge in [0.2, 0.25) is 0 Å². The van der Waals surface area contributed by atoms with E-state index in [-0.39, 0.29) is 18.6 Å². The lowest BCUT2D eigenvalue weighted by molar-refractivity contribution is -0.135. The molecule has 0 radical (unpaired) electrons. The molecule has 116 valence electrons. The highest BCUT2D eigenvalue weighted by Gasteiger charge is 2.26. The Morgan fingerprint density at radius 1 is 1.62 bits per heavy atom. The molecule has 0 aliphatic carbocycles. The summed E-state index contributed by atoms with van der Waals surface area (Å²) in [5.41, 5.74) is 5.94. The van der Waals surface area contributed by atoms with E-state index in [1.54, 1.807) is 12.1 Å². The van der Waals surface area contributed by atoms with E-state index in [1.807, 2.05) is 17.9 Å². The number of nitrogens with zero attached hydrogens (tertiary/aromatic N) is 1. The highest BCUT2D eigenvalue weighted by molar-refractivity contribution is 9.10. The molecule has 0 aromatic heterocycles. The van der Waals surface area contributed by atoms with E-state index in [0.29, 0.717) is 23.2 Å². The number of hydrogen-bond acceptors (Lipinski definition) is 3. The molecule has 4 nitrogen and oxygen atoms in total. The first-order chi connectivity index (χ1) is 9.97. The third-order valence-corrected chi connectivity index (χ3v) is 4.59. The highest BCUT2D eigenvalue weighted by Crippen LogP contribution is 2.28. The van der Waals surface area contributed by atoms with Gasteiger partial charge in [-0.3, -0.25) is 4.79 Å². The maximum absolute atomic E-state index is 12.2. The van der Waals surface area contributed by atoms with Crippen molar-refractivity contribution in [2.45, 2.75) is 25.8 Å². The van der Waals surface area contributed by atoms with Crippen molar-refractivity contribution >= 4 is 33.4 Å². The van der Waals surface area contributed by atoms with Crippen LogP contribution in [0.3, 0.4) is 0 Å². The number of amides is 1. The normalized spacial score (nSPS) is 20.2. The van der Waals surface area contributed by atoms with Gasteiger partial charge in [0.25, 0.3) is 5.91 Å². The number of hydrogen-bond donors (Lipinski definition) is 1. The molecule has 2 rings (SSSR count). The maximum atomic E-state index is 12.2. The zero-order valence-electron chi connectivity index (χ0n) is 12.0. The van der Waals surface area contributed by atoms with E-state index in [2.05, 4.69) is 15.9 Å². The molecule has 1 aromatic rings. The van der Waals surface area contributed by atoms with Crippen molar-refractivity contribution in [1.82, 2.24) is 4.90 Å². The topological polar surface area (TPSA) is 55.6 Å². The minimum Gasteiger partial charge on any atom is -0.482 e. The van der Waals surface area contributed by atoms with Gasteiger partial charge < -0.3 is 15.4 Å². The Kier molecular flexibility index (Phi) is 5.90. The highest BCUT2D eigenvalue weighted by atomic mass is 79.9. The monoisotopic (exact) mass is 374 g/mol. The van der Waals surface area contributed by atoms with Crippen molar-refractivity contribution in [2.75, 3.05) is 19.7 Å².